The van der Waals surface area contributed by atoms with Crippen LogP contribution in [0.2, 0.25) is 0 Å². The fraction of sp³-hybridized carbons (Fsp3) is 0.400. The van der Waals surface area contributed by atoms with E-state index in [2.05, 4.69) is 0 Å². The van der Waals surface area contributed by atoms with Gasteiger partial charge in [-0.25, -0.2) is 0 Å². The lowest BCUT2D eigenvalue weighted by atomic mass is 10.3. The molecule has 2 rings (SSSR count). The third-order valence-corrected chi connectivity index (χ3v) is 4.29. The van der Waals surface area contributed by atoms with Crippen molar-refractivity contribution in [2.75, 3.05) is 13.2 Å². The molecule has 0 aromatic heterocycles. The van der Waals surface area contributed by atoms with E-state index in [9.17, 15) is 0 Å². The lowest BCUT2D eigenvalue weighted by Crippen LogP contribution is -1.99. The molecule has 1 aromatic carbocycles. The number of benzene rings is 1. The molecule has 82 valence electrons. The van der Waals surface area contributed by atoms with E-state index in [0.29, 0.717) is 19.0 Å². The molecule has 0 bridgehead atoms. The van der Waals surface area contributed by atoms with Crippen molar-refractivity contribution in [3.63, 3.8) is 0 Å². The minimum absolute atomic E-state index is 0.629. The second kappa shape index (κ2) is 5.08. The summed E-state index contributed by atoms with van der Waals surface area (Å²) in [5.74, 6) is 0.711. The van der Waals surface area contributed by atoms with Crippen LogP contribution in [0, 0.1) is 0 Å². The molecular weight excluding hydrogens is 231 g/mol. The van der Waals surface area contributed by atoms with Gasteiger partial charge in [-0.05, 0) is 25.0 Å². The summed E-state index contributed by atoms with van der Waals surface area (Å²) in [6, 6.07) is 9.43. The highest BCUT2D eigenvalue weighted by Crippen LogP contribution is 2.51. The Kier molecular flexibility index (Phi) is 3.76. The zero-order valence-electron chi connectivity index (χ0n) is 8.30. The molecule has 15 heavy (non-hydrogen) atoms. The molecule has 0 atom stereocenters. The number of para-hydroxylation sites is 1. The topological polar surface area (TPSA) is 27.7 Å². The van der Waals surface area contributed by atoms with Gasteiger partial charge in [-0.1, -0.05) is 18.2 Å². The summed E-state index contributed by atoms with van der Waals surface area (Å²) in [5, 5.41) is 0. The normalized spacial score (nSPS) is 20.5. The van der Waals surface area contributed by atoms with Gasteiger partial charge in [0.05, 0.1) is 13.2 Å². The number of rotatable bonds is 2. The Labute approximate surface area is 94.6 Å². The van der Waals surface area contributed by atoms with Crippen LogP contribution in [0.4, 0.5) is 0 Å². The minimum Gasteiger partial charge on any atom is -0.424 e. The molecule has 0 aliphatic carbocycles. The van der Waals surface area contributed by atoms with Gasteiger partial charge >= 0.3 is 6.72 Å². The summed E-state index contributed by atoms with van der Waals surface area (Å²) in [6.45, 7) is -1.29. The Hall–Kier alpha value is -0.410. The molecule has 1 heterocycles. The summed E-state index contributed by atoms with van der Waals surface area (Å²) < 4.78 is 16.6. The van der Waals surface area contributed by atoms with Gasteiger partial charge < -0.3 is 4.52 Å². The molecule has 0 saturated carbocycles. The number of hydrogen-bond acceptors (Lipinski definition) is 4. The maximum absolute atomic E-state index is 5.60. The molecule has 1 fully saturated rings. The average Bonchev–Trinajstić information content (AvgIpc) is 2.45. The summed E-state index contributed by atoms with van der Waals surface area (Å²) in [5.41, 5.74) is 0. The van der Waals surface area contributed by atoms with Gasteiger partial charge in [0.15, 0.2) is 0 Å². The van der Waals surface area contributed by atoms with Crippen LogP contribution in [0.3, 0.4) is 0 Å². The molecular formula is C10H13O3PS. The van der Waals surface area contributed by atoms with E-state index in [1.54, 1.807) is 0 Å². The molecule has 0 radical (unpaired) electrons. The largest absolute Gasteiger partial charge is 0.424 e. The molecule has 1 aliphatic rings. The molecule has 1 saturated heterocycles. The molecule has 0 N–H and O–H groups in total. The van der Waals surface area contributed by atoms with Crippen LogP contribution in [0.25, 0.3) is 0 Å². The van der Waals surface area contributed by atoms with Gasteiger partial charge in [-0.2, -0.15) is 0 Å². The van der Waals surface area contributed by atoms with E-state index in [4.69, 9.17) is 25.4 Å². The minimum atomic E-state index is -2.55. The second-order valence-corrected chi connectivity index (χ2v) is 6.16. The van der Waals surface area contributed by atoms with E-state index in [1.165, 1.54) is 0 Å². The lowest BCUT2D eigenvalue weighted by molar-refractivity contribution is 0.236. The third kappa shape index (κ3) is 3.28. The Morgan fingerprint density at radius 3 is 2.27 bits per heavy atom. The lowest BCUT2D eigenvalue weighted by Gasteiger charge is -2.19. The SMILES string of the molecule is S=P1(Oc2ccccc2)OCCCCO1. The summed E-state index contributed by atoms with van der Waals surface area (Å²) in [4.78, 5) is 0. The van der Waals surface area contributed by atoms with Crippen LogP contribution in [-0.2, 0) is 20.9 Å². The highest BCUT2D eigenvalue weighted by Gasteiger charge is 2.24. The fourth-order valence-corrected chi connectivity index (χ4v) is 3.23. The summed E-state index contributed by atoms with van der Waals surface area (Å²) in [6.07, 6.45) is 1.97. The van der Waals surface area contributed by atoms with Crippen LogP contribution in [-0.4, -0.2) is 13.2 Å². The Morgan fingerprint density at radius 2 is 1.67 bits per heavy atom. The van der Waals surface area contributed by atoms with E-state index in [0.717, 1.165) is 12.8 Å². The Bertz CT molecular complexity index is 343. The first-order chi connectivity index (χ1) is 7.29. The second-order valence-electron chi connectivity index (χ2n) is 3.23. The summed E-state index contributed by atoms with van der Waals surface area (Å²) in [7, 11) is 0. The summed E-state index contributed by atoms with van der Waals surface area (Å²) >= 11 is 5.27. The van der Waals surface area contributed by atoms with E-state index >= 15 is 0 Å². The van der Waals surface area contributed by atoms with Crippen LogP contribution in [0.15, 0.2) is 30.3 Å². The smallest absolute Gasteiger partial charge is 0.380 e. The Balaban J connectivity index is 2.06. The van der Waals surface area contributed by atoms with Crippen LogP contribution in [0.1, 0.15) is 12.8 Å². The maximum atomic E-state index is 5.60. The first-order valence-electron chi connectivity index (χ1n) is 4.92. The van der Waals surface area contributed by atoms with Crippen LogP contribution in [0.5, 0.6) is 5.75 Å². The van der Waals surface area contributed by atoms with Crippen molar-refractivity contribution >= 4 is 18.5 Å². The molecule has 0 spiro atoms. The van der Waals surface area contributed by atoms with Crippen molar-refractivity contribution < 1.29 is 13.6 Å². The predicted octanol–water partition coefficient (Wildman–Crippen LogP) is 3.12. The molecule has 1 aliphatic heterocycles. The van der Waals surface area contributed by atoms with E-state index < -0.39 is 6.72 Å². The van der Waals surface area contributed by atoms with E-state index in [-0.39, 0.29) is 0 Å². The third-order valence-electron chi connectivity index (χ3n) is 2.00. The van der Waals surface area contributed by atoms with Gasteiger partial charge in [-0.15, -0.1) is 0 Å². The van der Waals surface area contributed by atoms with Crippen LogP contribution < -0.4 is 4.52 Å². The van der Waals surface area contributed by atoms with Gasteiger partial charge in [0, 0.05) is 11.8 Å². The first-order valence-corrected chi connectivity index (χ1v) is 7.48. The van der Waals surface area contributed by atoms with Gasteiger partial charge in [0.2, 0.25) is 0 Å². The molecule has 0 amide bonds. The predicted molar refractivity (Wildman–Crippen MR) is 62.5 cm³/mol. The molecule has 1 aromatic rings. The maximum Gasteiger partial charge on any atom is 0.380 e. The quantitative estimate of drug-likeness (QED) is 0.747. The highest BCUT2D eigenvalue weighted by molar-refractivity contribution is 8.07. The standard InChI is InChI=1S/C10H13O3PS/c15-14(11-8-4-5-9-12-14)13-10-6-2-1-3-7-10/h1-3,6-7H,4-5,8-9H2. The first kappa shape index (κ1) is 11.1. The molecule has 5 heteroatoms. The van der Waals surface area contributed by atoms with Gasteiger partial charge in [0.25, 0.3) is 0 Å². The van der Waals surface area contributed by atoms with Crippen LogP contribution >= 0.6 is 6.72 Å². The van der Waals surface area contributed by atoms with Crippen molar-refractivity contribution in [1.29, 1.82) is 0 Å². The molecule has 0 unspecified atom stereocenters. The van der Waals surface area contributed by atoms with Crippen molar-refractivity contribution in [2.24, 2.45) is 0 Å². The van der Waals surface area contributed by atoms with Crippen molar-refractivity contribution in [2.45, 2.75) is 12.8 Å². The zero-order chi connectivity index (χ0) is 10.6. The highest BCUT2D eigenvalue weighted by atomic mass is 32.5. The van der Waals surface area contributed by atoms with Gasteiger partial charge in [0.1, 0.15) is 5.75 Å². The average molecular weight is 244 g/mol. The van der Waals surface area contributed by atoms with Crippen molar-refractivity contribution in [3.05, 3.63) is 30.3 Å². The Morgan fingerprint density at radius 1 is 1.07 bits per heavy atom. The van der Waals surface area contributed by atoms with E-state index in [1.807, 2.05) is 30.3 Å². The molecule has 3 nitrogen and oxygen atoms in total. The van der Waals surface area contributed by atoms with Crippen molar-refractivity contribution in [1.82, 2.24) is 0 Å². The zero-order valence-corrected chi connectivity index (χ0v) is 10.0. The fourth-order valence-electron chi connectivity index (χ4n) is 1.26. The monoisotopic (exact) mass is 244 g/mol. The van der Waals surface area contributed by atoms with Crippen molar-refractivity contribution in [3.8, 4) is 5.75 Å². The number of hydrogen-bond donors (Lipinski definition) is 0. The van der Waals surface area contributed by atoms with Gasteiger partial charge in [-0.3, -0.25) is 9.05 Å².